The number of nitrogens with one attached hydrogen (secondary N) is 1. The van der Waals surface area contributed by atoms with Crippen molar-refractivity contribution >= 4 is 23.1 Å². The number of hydrogen-bond donors (Lipinski definition) is 1. The van der Waals surface area contributed by atoms with E-state index in [0.717, 1.165) is 0 Å². The van der Waals surface area contributed by atoms with Gasteiger partial charge in [0, 0.05) is 29.3 Å². The minimum absolute atomic E-state index is 0. The number of rotatable bonds is 0. The van der Waals surface area contributed by atoms with Crippen LogP contribution in [0.3, 0.4) is 0 Å². The van der Waals surface area contributed by atoms with E-state index in [0.29, 0.717) is 0 Å². The average molecular weight is 300 g/mol. The molecule has 0 radical (unpaired) electrons. The maximum atomic E-state index is 3.42. The van der Waals surface area contributed by atoms with Gasteiger partial charge in [-0.15, -0.1) is 0 Å². The summed E-state index contributed by atoms with van der Waals surface area (Å²) in [5, 5.41) is 3.42. The topological polar surface area (TPSA) is 12.0 Å². The second kappa shape index (κ2) is 4.38. The SMILES string of the molecule is [Ru].c1ccc2c(c1)Nc1ccccc1S2. The third-order valence-electron chi connectivity index (χ3n) is 2.26. The van der Waals surface area contributed by atoms with Crippen LogP contribution in [0, 0.1) is 0 Å². The van der Waals surface area contributed by atoms with Gasteiger partial charge in [0.2, 0.25) is 0 Å². The quantitative estimate of drug-likeness (QED) is 0.632. The minimum atomic E-state index is 0. The molecule has 0 saturated carbocycles. The van der Waals surface area contributed by atoms with E-state index in [-0.39, 0.29) is 19.5 Å². The largest absolute Gasteiger partial charge is 0.354 e. The van der Waals surface area contributed by atoms with Crippen LogP contribution in [0.1, 0.15) is 0 Å². The van der Waals surface area contributed by atoms with Crippen molar-refractivity contribution < 1.29 is 19.5 Å². The minimum Gasteiger partial charge on any atom is -0.354 e. The molecule has 1 heterocycles. The van der Waals surface area contributed by atoms with Gasteiger partial charge in [0.1, 0.15) is 0 Å². The smallest absolute Gasteiger partial charge is 0.0526 e. The van der Waals surface area contributed by atoms with Crippen molar-refractivity contribution in [2.45, 2.75) is 9.79 Å². The first-order chi connectivity index (χ1) is 6.93. The van der Waals surface area contributed by atoms with E-state index in [1.165, 1.54) is 21.2 Å². The van der Waals surface area contributed by atoms with Crippen LogP contribution in [-0.4, -0.2) is 0 Å². The average Bonchev–Trinajstić information content (AvgIpc) is 2.26. The first-order valence-corrected chi connectivity index (χ1v) is 5.38. The first kappa shape index (κ1) is 10.7. The van der Waals surface area contributed by atoms with Gasteiger partial charge in [-0.3, -0.25) is 0 Å². The molecule has 0 atom stereocenters. The molecule has 0 spiro atoms. The molecule has 3 heteroatoms. The Labute approximate surface area is 106 Å². The molecule has 0 bridgehead atoms. The second-order valence-electron chi connectivity index (χ2n) is 3.22. The van der Waals surface area contributed by atoms with Gasteiger partial charge in [0.25, 0.3) is 0 Å². The molecule has 3 rings (SSSR count). The van der Waals surface area contributed by atoms with Crippen LogP contribution in [0.2, 0.25) is 0 Å². The molecule has 1 aliphatic heterocycles. The zero-order chi connectivity index (χ0) is 9.38. The maximum Gasteiger partial charge on any atom is 0.0526 e. The van der Waals surface area contributed by atoms with Crippen LogP contribution in [0.4, 0.5) is 11.4 Å². The van der Waals surface area contributed by atoms with Gasteiger partial charge in [-0.25, -0.2) is 0 Å². The number of fused-ring (bicyclic) bond motifs is 2. The van der Waals surface area contributed by atoms with Crippen molar-refractivity contribution in [3.8, 4) is 0 Å². The van der Waals surface area contributed by atoms with Crippen molar-refractivity contribution in [1.29, 1.82) is 0 Å². The van der Waals surface area contributed by atoms with Crippen LogP contribution in [0.5, 0.6) is 0 Å². The molecule has 0 saturated heterocycles. The Morgan fingerprint density at radius 1 is 0.733 bits per heavy atom. The van der Waals surface area contributed by atoms with E-state index >= 15 is 0 Å². The van der Waals surface area contributed by atoms with Gasteiger partial charge >= 0.3 is 0 Å². The fourth-order valence-electron chi connectivity index (χ4n) is 1.58. The molecule has 1 nitrogen and oxygen atoms in total. The summed E-state index contributed by atoms with van der Waals surface area (Å²) in [7, 11) is 0. The van der Waals surface area contributed by atoms with Crippen molar-refractivity contribution in [3.05, 3.63) is 48.5 Å². The number of anilines is 2. The molecule has 76 valence electrons. The third-order valence-corrected chi connectivity index (χ3v) is 3.42. The fraction of sp³-hybridized carbons (Fsp3) is 0. The van der Waals surface area contributed by atoms with Crippen LogP contribution < -0.4 is 5.32 Å². The van der Waals surface area contributed by atoms with E-state index in [1.54, 1.807) is 0 Å². The summed E-state index contributed by atoms with van der Waals surface area (Å²) >= 11 is 1.82. The molecule has 0 aliphatic carbocycles. The van der Waals surface area contributed by atoms with E-state index in [1.807, 2.05) is 11.8 Å². The van der Waals surface area contributed by atoms with Crippen molar-refractivity contribution in [2.75, 3.05) is 5.32 Å². The molecule has 1 aliphatic rings. The molecular weight excluding hydrogens is 291 g/mol. The maximum absolute atomic E-state index is 3.42. The Bertz CT molecular complexity index is 397. The molecule has 2 aromatic carbocycles. The summed E-state index contributed by atoms with van der Waals surface area (Å²) in [6.07, 6.45) is 0. The first-order valence-electron chi connectivity index (χ1n) is 4.56. The zero-order valence-electron chi connectivity index (χ0n) is 7.88. The Hall–Kier alpha value is -0.787. The van der Waals surface area contributed by atoms with Gasteiger partial charge in [-0.05, 0) is 24.3 Å². The Morgan fingerprint density at radius 2 is 1.20 bits per heavy atom. The summed E-state index contributed by atoms with van der Waals surface area (Å²) in [6.45, 7) is 0. The van der Waals surface area contributed by atoms with E-state index in [4.69, 9.17) is 0 Å². The number of hydrogen-bond acceptors (Lipinski definition) is 2. The molecule has 0 unspecified atom stereocenters. The summed E-state index contributed by atoms with van der Waals surface area (Å²) in [5.41, 5.74) is 2.41. The zero-order valence-corrected chi connectivity index (χ0v) is 10.4. The molecule has 0 fully saturated rings. The van der Waals surface area contributed by atoms with Crippen LogP contribution in [0.15, 0.2) is 58.3 Å². The van der Waals surface area contributed by atoms with Crippen LogP contribution in [-0.2, 0) is 19.5 Å². The molecular formula is C12H9NRuS. The van der Waals surface area contributed by atoms with E-state index < -0.39 is 0 Å². The second-order valence-corrected chi connectivity index (χ2v) is 4.30. The van der Waals surface area contributed by atoms with E-state index in [9.17, 15) is 0 Å². The van der Waals surface area contributed by atoms with Crippen molar-refractivity contribution in [2.24, 2.45) is 0 Å². The van der Waals surface area contributed by atoms with Gasteiger partial charge in [-0.2, -0.15) is 0 Å². The summed E-state index contributed by atoms with van der Waals surface area (Å²) in [5.74, 6) is 0. The van der Waals surface area contributed by atoms with Gasteiger partial charge in [0.15, 0.2) is 0 Å². The molecule has 0 amide bonds. The van der Waals surface area contributed by atoms with Gasteiger partial charge in [-0.1, -0.05) is 36.0 Å². The van der Waals surface area contributed by atoms with Crippen molar-refractivity contribution in [1.82, 2.24) is 0 Å². The summed E-state index contributed by atoms with van der Waals surface area (Å²) < 4.78 is 0. The normalized spacial score (nSPS) is 11.7. The van der Waals surface area contributed by atoms with Crippen molar-refractivity contribution in [3.63, 3.8) is 0 Å². The van der Waals surface area contributed by atoms with Crippen LogP contribution >= 0.6 is 11.8 Å². The molecule has 1 N–H and O–H groups in total. The summed E-state index contributed by atoms with van der Waals surface area (Å²) in [6, 6.07) is 16.8. The number of benzene rings is 2. The monoisotopic (exact) mass is 301 g/mol. The number of para-hydroxylation sites is 2. The Morgan fingerprint density at radius 3 is 1.73 bits per heavy atom. The predicted molar refractivity (Wildman–Crippen MR) is 60.3 cm³/mol. The van der Waals surface area contributed by atoms with E-state index in [2.05, 4.69) is 53.8 Å². The molecule has 2 aromatic rings. The summed E-state index contributed by atoms with van der Waals surface area (Å²) in [4.78, 5) is 2.59. The van der Waals surface area contributed by atoms with Crippen LogP contribution in [0.25, 0.3) is 0 Å². The predicted octanol–water partition coefficient (Wildman–Crippen LogP) is 3.89. The third kappa shape index (κ3) is 1.95. The van der Waals surface area contributed by atoms with Gasteiger partial charge < -0.3 is 5.32 Å². The van der Waals surface area contributed by atoms with Gasteiger partial charge in [0.05, 0.1) is 11.4 Å². The Balaban J connectivity index is 0.000000853. The Kier molecular flexibility index (Phi) is 3.13. The fourth-order valence-corrected chi connectivity index (χ4v) is 2.57. The molecule has 15 heavy (non-hydrogen) atoms. The standard InChI is InChI=1S/C12H9NS.Ru/c1-3-7-11-9(5-1)13-10-6-2-4-8-12(10)14-11;/h1-8,13H;. The molecule has 0 aromatic heterocycles.